The van der Waals surface area contributed by atoms with Crippen molar-refractivity contribution in [1.82, 2.24) is 5.32 Å². The van der Waals surface area contributed by atoms with Gasteiger partial charge in [0.05, 0.1) is 12.2 Å². The lowest BCUT2D eigenvalue weighted by atomic mass is 9.96. The molecule has 0 aromatic rings. The molecule has 0 amide bonds. The average molecular weight is 222 g/mol. The molecular weight excluding hydrogens is 200 g/mol. The number of hydrogen-bond donors (Lipinski definition) is 1. The van der Waals surface area contributed by atoms with Gasteiger partial charge in [-0.2, -0.15) is 5.26 Å². The van der Waals surface area contributed by atoms with Crippen LogP contribution < -0.4 is 5.32 Å². The summed E-state index contributed by atoms with van der Waals surface area (Å²) in [6.07, 6.45) is 6.04. The predicted octanol–water partition coefficient (Wildman–Crippen LogP) is 2.23. The Balaban J connectivity index is 1.72. The van der Waals surface area contributed by atoms with E-state index in [1.165, 1.54) is 25.7 Å². The minimum absolute atomic E-state index is 0.177. The van der Waals surface area contributed by atoms with Crippen molar-refractivity contribution >= 4 is 0 Å². The Bertz CT molecular complexity index is 278. The molecule has 2 fully saturated rings. The molecular formula is C13H22N2O. The zero-order chi connectivity index (χ0) is 11.6. The Kier molecular flexibility index (Phi) is 3.51. The first-order chi connectivity index (χ1) is 7.61. The van der Waals surface area contributed by atoms with Crippen molar-refractivity contribution in [3.8, 4) is 6.07 Å². The summed E-state index contributed by atoms with van der Waals surface area (Å²) in [6.45, 7) is 4.95. The normalized spacial score (nSPS) is 25.8. The predicted molar refractivity (Wildman–Crippen MR) is 62.9 cm³/mol. The Morgan fingerprint density at radius 1 is 1.44 bits per heavy atom. The van der Waals surface area contributed by atoms with Gasteiger partial charge in [0.2, 0.25) is 0 Å². The highest BCUT2D eigenvalue weighted by Crippen LogP contribution is 2.30. The lowest BCUT2D eigenvalue weighted by Crippen LogP contribution is -2.45. The van der Waals surface area contributed by atoms with E-state index in [9.17, 15) is 5.26 Å². The van der Waals surface area contributed by atoms with Crippen LogP contribution in [0.1, 0.15) is 46.0 Å². The molecule has 0 saturated heterocycles. The van der Waals surface area contributed by atoms with Crippen molar-refractivity contribution in [1.29, 1.82) is 5.26 Å². The molecule has 3 heteroatoms. The molecule has 0 aliphatic heterocycles. The number of nitriles is 1. The third-order valence-electron chi connectivity index (χ3n) is 3.36. The topological polar surface area (TPSA) is 45.0 Å². The zero-order valence-electron chi connectivity index (χ0n) is 10.3. The van der Waals surface area contributed by atoms with Gasteiger partial charge in [0.25, 0.3) is 0 Å². The minimum Gasteiger partial charge on any atom is -0.378 e. The maximum absolute atomic E-state index is 9.23. The Morgan fingerprint density at radius 2 is 2.12 bits per heavy atom. The average Bonchev–Trinajstić information content (AvgIpc) is 3.09. The van der Waals surface area contributed by atoms with Crippen LogP contribution in [0.3, 0.4) is 0 Å². The number of nitrogens with one attached hydrogen (secondary N) is 1. The first kappa shape index (κ1) is 11.9. The summed E-state index contributed by atoms with van der Waals surface area (Å²) >= 11 is 0. The van der Waals surface area contributed by atoms with Crippen LogP contribution in [-0.2, 0) is 4.74 Å². The van der Waals surface area contributed by atoms with Crippen LogP contribution in [-0.4, -0.2) is 24.3 Å². The summed E-state index contributed by atoms with van der Waals surface area (Å²) in [7, 11) is 0. The quantitative estimate of drug-likeness (QED) is 0.718. The van der Waals surface area contributed by atoms with Gasteiger partial charge in [-0.3, -0.25) is 5.32 Å². The van der Waals surface area contributed by atoms with Gasteiger partial charge >= 0.3 is 0 Å². The van der Waals surface area contributed by atoms with E-state index in [4.69, 9.17) is 4.74 Å². The number of rotatable bonds is 7. The van der Waals surface area contributed by atoms with Crippen LogP contribution in [0, 0.1) is 17.2 Å². The molecule has 16 heavy (non-hydrogen) atoms. The smallest absolute Gasteiger partial charge is 0.106 e. The molecule has 0 aromatic carbocycles. The van der Waals surface area contributed by atoms with Crippen LogP contribution in [0.4, 0.5) is 0 Å². The lowest BCUT2D eigenvalue weighted by Gasteiger charge is -2.26. The summed E-state index contributed by atoms with van der Waals surface area (Å²) in [6, 6.07) is 2.96. The molecule has 90 valence electrons. The monoisotopic (exact) mass is 222 g/mol. The Labute approximate surface area is 98.2 Å². The third-order valence-corrected chi connectivity index (χ3v) is 3.36. The summed E-state index contributed by atoms with van der Waals surface area (Å²) in [5, 5.41) is 12.6. The summed E-state index contributed by atoms with van der Waals surface area (Å²) in [5.41, 5.74) is -0.413. The van der Waals surface area contributed by atoms with Crippen LogP contribution in [0.25, 0.3) is 0 Å². The molecule has 0 spiro atoms. The van der Waals surface area contributed by atoms with Gasteiger partial charge in [-0.15, -0.1) is 0 Å². The Hall–Kier alpha value is -0.590. The third kappa shape index (κ3) is 3.77. The Morgan fingerprint density at radius 3 is 2.62 bits per heavy atom. The molecule has 2 atom stereocenters. The van der Waals surface area contributed by atoms with E-state index in [1.807, 2.05) is 6.92 Å². The van der Waals surface area contributed by atoms with Gasteiger partial charge in [-0.05, 0) is 45.4 Å². The standard InChI is InChI=1S/C13H22N2O/c1-10(16-8-11-3-4-11)7-13(2,9-14)15-12-5-6-12/h10-12,15H,3-8H2,1-2H3. The number of nitrogens with zero attached hydrogens (tertiary/aromatic N) is 1. The van der Waals surface area contributed by atoms with Gasteiger partial charge in [-0.25, -0.2) is 0 Å². The molecule has 3 nitrogen and oxygen atoms in total. The fourth-order valence-electron chi connectivity index (χ4n) is 2.03. The molecule has 0 bridgehead atoms. The van der Waals surface area contributed by atoms with Crippen molar-refractivity contribution in [3.63, 3.8) is 0 Å². The molecule has 0 aromatic heterocycles. The largest absolute Gasteiger partial charge is 0.378 e. The van der Waals surface area contributed by atoms with Crippen molar-refractivity contribution < 1.29 is 4.74 Å². The van der Waals surface area contributed by atoms with E-state index in [0.29, 0.717) is 6.04 Å². The molecule has 0 radical (unpaired) electrons. The molecule has 2 aliphatic carbocycles. The van der Waals surface area contributed by atoms with Crippen molar-refractivity contribution in [3.05, 3.63) is 0 Å². The molecule has 2 rings (SSSR count). The fraction of sp³-hybridized carbons (Fsp3) is 0.923. The van der Waals surface area contributed by atoms with E-state index in [0.717, 1.165) is 18.9 Å². The van der Waals surface area contributed by atoms with Gasteiger partial charge in [0.15, 0.2) is 0 Å². The SMILES string of the molecule is CC(CC(C)(C#N)NC1CC1)OCC1CC1. The van der Waals surface area contributed by atoms with Gasteiger partial charge < -0.3 is 4.74 Å². The highest BCUT2D eigenvalue weighted by Gasteiger charge is 2.34. The number of hydrogen-bond acceptors (Lipinski definition) is 3. The molecule has 2 aliphatic rings. The van der Waals surface area contributed by atoms with E-state index in [2.05, 4.69) is 18.3 Å². The lowest BCUT2D eigenvalue weighted by molar-refractivity contribution is 0.0406. The summed E-state index contributed by atoms with van der Waals surface area (Å²) in [4.78, 5) is 0. The van der Waals surface area contributed by atoms with E-state index < -0.39 is 5.54 Å². The highest BCUT2D eigenvalue weighted by molar-refractivity contribution is 5.07. The molecule has 2 unspecified atom stereocenters. The van der Waals surface area contributed by atoms with Crippen molar-refractivity contribution in [2.75, 3.05) is 6.61 Å². The molecule has 0 heterocycles. The fourth-order valence-corrected chi connectivity index (χ4v) is 2.03. The van der Waals surface area contributed by atoms with Gasteiger partial charge in [0.1, 0.15) is 5.54 Å². The second-order valence-electron chi connectivity index (χ2n) is 5.65. The molecule has 1 N–H and O–H groups in total. The number of ether oxygens (including phenoxy) is 1. The first-order valence-electron chi connectivity index (χ1n) is 6.42. The van der Waals surface area contributed by atoms with Crippen LogP contribution in [0.15, 0.2) is 0 Å². The summed E-state index contributed by atoms with van der Waals surface area (Å²) < 4.78 is 5.77. The van der Waals surface area contributed by atoms with Crippen LogP contribution in [0.2, 0.25) is 0 Å². The second kappa shape index (κ2) is 4.73. The van der Waals surface area contributed by atoms with E-state index in [-0.39, 0.29) is 6.10 Å². The highest BCUT2D eigenvalue weighted by atomic mass is 16.5. The first-order valence-corrected chi connectivity index (χ1v) is 6.42. The summed E-state index contributed by atoms with van der Waals surface area (Å²) in [5.74, 6) is 0.798. The van der Waals surface area contributed by atoms with Gasteiger partial charge in [-0.1, -0.05) is 0 Å². The van der Waals surface area contributed by atoms with E-state index >= 15 is 0 Å². The van der Waals surface area contributed by atoms with E-state index in [1.54, 1.807) is 0 Å². The maximum Gasteiger partial charge on any atom is 0.106 e. The molecule has 2 saturated carbocycles. The van der Waals surface area contributed by atoms with Crippen LogP contribution in [0.5, 0.6) is 0 Å². The van der Waals surface area contributed by atoms with Crippen LogP contribution >= 0.6 is 0 Å². The minimum atomic E-state index is -0.413. The zero-order valence-corrected chi connectivity index (χ0v) is 10.3. The maximum atomic E-state index is 9.23. The van der Waals surface area contributed by atoms with Crippen molar-refractivity contribution in [2.45, 2.75) is 63.6 Å². The second-order valence-corrected chi connectivity index (χ2v) is 5.65. The van der Waals surface area contributed by atoms with Gasteiger partial charge in [0, 0.05) is 19.1 Å². The van der Waals surface area contributed by atoms with Crippen molar-refractivity contribution in [2.24, 2.45) is 5.92 Å².